The molecule has 1 aromatic heterocycles. The number of fused-ring (bicyclic) bond motifs is 1. The molecule has 0 unspecified atom stereocenters. The van der Waals surface area contributed by atoms with Gasteiger partial charge in [0.05, 0.1) is 18.7 Å². The zero-order valence-corrected chi connectivity index (χ0v) is 13.1. The number of hydrogen-bond acceptors (Lipinski definition) is 4. The van der Waals surface area contributed by atoms with Crippen LogP contribution in [0.5, 0.6) is 5.75 Å². The molecule has 0 bridgehead atoms. The van der Waals surface area contributed by atoms with E-state index >= 15 is 0 Å². The van der Waals surface area contributed by atoms with Gasteiger partial charge in [0.1, 0.15) is 5.75 Å². The third-order valence-electron chi connectivity index (χ3n) is 3.75. The number of urea groups is 1. The summed E-state index contributed by atoms with van der Waals surface area (Å²) < 4.78 is 6.58. The number of carbonyl (C=O) groups excluding carboxylic acids is 2. The van der Waals surface area contributed by atoms with E-state index in [1.807, 2.05) is 0 Å². The van der Waals surface area contributed by atoms with Crippen LogP contribution < -0.4 is 15.6 Å². The van der Waals surface area contributed by atoms with Crippen LogP contribution in [0.15, 0.2) is 29.2 Å². The number of ether oxygens (including phenoxy) is 1. The molecular formula is C15H14ClN3O4. The van der Waals surface area contributed by atoms with Crippen molar-refractivity contribution in [1.82, 2.24) is 14.8 Å². The van der Waals surface area contributed by atoms with Crippen LogP contribution in [0.25, 0.3) is 10.8 Å². The van der Waals surface area contributed by atoms with Crippen molar-refractivity contribution >= 4 is 34.3 Å². The minimum absolute atomic E-state index is 0.000848. The van der Waals surface area contributed by atoms with Gasteiger partial charge in [-0.25, -0.2) is 4.79 Å². The summed E-state index contributed by atoms with van der Waals surface area (Å²) in [5, 5.41) is 3.95. The van der Waals surface area contributed by atoms with Crippen molar-refractivity contribution in [2.24, 2.45) is 0 Å². The minimum Gasteiger partial charge on any atom is -0.495 e. The van der Waals surface area contributed by atoms with Gasteiger partial charge >= 0.3 is 6.03 Å². The lowest BCUT2D eigenvalue weighted by atomic mass is 10.1. The molecule has 1 N–H and O–H groups in total. The predicted molar refractivity (Wildman–Crippen MR) is 84.9 cm³/mol. The van der Waals surface area contributed by atoms with E-state index in [1.54, 1.807) is 24.4 Å². The number of aromatic nitrogens is 1. The highest BCUT2D eigenvalue weighted by Gasteiger charge is 2.27. The molecule has 0 saturated carbocycles. The molecule has 1 fully saturated rings. The van der Waals surface area contributed by atoms with Crippen LogP contribution in [-0.2, 0) is 11.3 Å². The van der Waals surface area contributed by atoms with Gasteiger partial charge in [0.15, 0.2) is 0 Å². The number of methoxy groups -OCH3 is 1. The molecule has 0 spiro atoms. The number of hydrogen-bond donors (Lipinski definition) is 1. The van der Waals surface area contributed by atoms with Gasteiger partial charge in [-0.2, -0.15) is 0 Å². The van der Waals surface area contributed by atoms with E-state index in [0.29, 0.717) is 21.5 Å². The lowest BCUT2D eigenvalue weighted by Gasteiger charge is -2.14. The molecule has 1 aromatic carbocycles. The van der Waals surface area contributed by atoms with Crippen LogP contribution in [0.2, 0.25) is 5.02 Å². The molecule has 1 saturated heterocycles. The van der Waals surface area contributed by atoms with Gasteiger partial charge in [-0.3, -0.25) is 14.5 Å². The van der Waals surface area contributed by atoms with Gasteiger partial charge in [0.25, 0.3) is 5.56 Å². The molecular weight excluding hydrogens is 322 g/mol. The van der Waals surface area contributed by atoms with E-state index in [1.165, 1.54) is 11.7 Å². The lowest BCUT2D eigenvalue weighted by Crippen LogP contribution is -2.35. The van der Waals surface area contributed by atoms with E-state index in [4.69, 9.17) is 16.3 Å². The van der Waals surface area contributed by atoms with Gasteiger partial charge in [0.2, 0.25) is 5.91 Å². The van der Waals surface area contributed by atoms with Crippen molar-refractivity contribution in [2.45, 2.75) is 6.54 Å². The van der Waals surface area contributed by atoms with Crippen molar-refractivity contribution < 1.29 is 14.3 Å². The van der Waals surface area contributed by atoms with Gasteiger partial charge in [-0.15, -0.1) is 0 Å². The zero-order valence-electron chi connectivity index (χ0n) is 12.3. The molecule has 7 nitrogen and oxygen atoms in total. The van der Waals surface area contributed by atoms with Crippen molar-refractivity contribution in [3.05, 3.63) is 39.8 Å². The van der Waals surface area contributed by atoms with Crippen molar-refractivity contribution in [2.75, 3.05) is 20.2 Å². The largest absolute Gasteiger partial charge is 0.495 e. The molecule has 1 aliphatic rings. The number of halogens is 1. The maximum atomic E-state index is 12.5. The average molecular weight is 336 g/mol. The van der Waals surface area contributed by atoms with E-state index in [-0.39, 0.29) is 31.1 Å². The number of nitrogens with one attached hydrogen (secondary N) is 1. The number of imide groups is 1. The standard InChI is InChI=1S/C15H14ClN3O4/c1-23-12-6-9-2-3-18(14(21)10(9)7-11(12)16)4-5-19-13(20)8-17-15(19)22/h2-3,6-7H,4-5,8H2,1H3,(H,17,22). The Morgan fingerprint density at radius 2 is 2.04 bits per heavy atom. The Balaban J connectivity index is 1.90. The maximum absolute atomic E-state index is 12.5. The smallest absolute Gasteiger partial charge is 0.324 e. The highest BCUT2D eigenvalue weighted by Crippen LogP contribution is 2.28. The van der Waals surface area contributed by atoms with Crippen LogP contribution in [0.4, 0.5) is 4.79 Å². The van der Waals surface area contributed by atoms with Gasteiger partial charge in [0, 0.05) is 24.7 Å². The van der Waals surface area contributed by atoms with Crippen molar-refractivity contribution in [3.63, 3.8) is 0 Å². The summed E-state index contributed by atoms with van der Waals surface area (Å²) in [6, 6.07) is 4.58. The molecule has 2 heterocycles. The Kier molecular flexibility index (Phi) is 3.96. The quantitative estimate of drug-likeness (QED) is 0.852. The first-order valence-corrected chi connectivity index (χ1v) is 7.34. The van der Waals surface area contributed by atoms with Crippen LogP contribution in [0, 0.1) is 0 Å². The molecule has 0 atom stereocenters. The maximum Gasteiger partial charge on any atom is 0.324 e. The molecule has 0 aliphatic carbocycles. The number of amides is 3. The molecule has 3 rings (SSSR count). The summed E-state index contributed by atoms with van der Waals surface area (Å²) >= 11 is 6.07. The van der Waals surface area contributed by atoms with E-state index in [0.717, 1.165) is 4.90 Å². The summed E-state index contributed by atoms with van der Waals surface area (Å²) in [7, 11) is 1.51. The molecule has 120 valence electrons. The van der Waals surface area contributed by atoms with Gasteiger partial charge < -0.3 is 14.6 Å². The third-order valence-corrected chi connectivity index (χ3v) is 4.05. The van der Waals surface area contributed by atoms with Crippen LogP contribution in [-0.4, -0.2) is 41.6 Å². The first-order chi connectivity index (χ1) is 11.0. The Hall–Kier alpha value is -2.54. The number of carbonyl (C=O) groups is 2. The fourth-order valence-electron chi connectivity index (χ4n) is 2.51. The first-order valence-electron chi connectivity index (χ1n) is 6.96. The fourth-order valence-corrected chi connectivity index (χ4v) is 2.75. The Morgan fingerprint density at radius 3 is 2.70 bits per heavy atom. The second-order valence-electron chi connectivity index (χ2n) is 5.09. The minimum atomic E-state index is -0.434. The summed E-state index contributed by atoms with van der Waals surface area (Å²) in [6.07, 6.45) is 1.62. The van der Waals surface area contributed by atoms with Crippen LogP contribution in [0.3, 0.4) is 0 Å². The highest BCUT2D eigenvalue weighted by molar-refractivity contribution is 6.32. The number of pyridine rings is 1. The number of rotatable bonds is 4. The van der Waals surface area contributed by atoms with Crippen molar-refractivity contribution in [1.29, 1.82) is 0 Å². The second-order valence-corrected chi connectivity index (χ2v) is 5.50. The fraction of sp³-hybridized carbons (Fsp3) is 0.267. The molecule has 2 aromatic rings. The summed E-state index contributed by atoms with van der Waals surface area (Å²) in [6.45, 7) is 0.360. The van der Waals surface area contributed by atoms with Gasteiger partial charge in [-0.1, -0.05) is 11.6 Å². The van der Waals surface area contributed by atoms with Crippen LogP contribution in [0.1, 0.15) is 0 Å². The van der Waals surface area contributed by atoms with Crippen LogP contribution >= 0.6 is 11.6 Å². The Morgan fingerprint density at radius 1 is 1.26 bits per heavy atom. The van der Waals surface area contributed by atoms with E-state index in [9.17, 15) is 14.4 Å². The molecule has 0 radical (unpaired) electrons. The van der Waals surface area contributed by atoms with Crippen molar-refractivity contribution in [3.8, 4) is 5.75 Å². The molecule has 1 aliphatic heterocycles. The number of nitrogens with zero attached hydrogens (tertiary/aromatic N) is 2. The second kappa shape index (κ2) is 5.92. The molecule has 3 amide bonds. The van der Waals surface area contributed by atoms with Gasteiger partial charge in [-0.05, 0) is 23.6 Å². The zero-order chi connectivity index (χ0) is 16.6. The van der Waals surface area contributed by atoms with E-state index < -0.39 is 6.03 Å². The normalized spacial score (nSPS) is 14.4. The molecule has 8 heteroatoms. The third kappa shape index (κ3) is 2.75. The Bertz CT molecular complexity index is 846. The SMILES string of the molecule is COc1cc2ccn(CCN3C(=O)CNC3=O)c(=O)c2cc1Cl. The lowest BCUT2D eigenvalue weighted by molar-refractivity contribution is -0.125. The number of benzene rings is 1. The molecule has 23 heavy (non-hydrogen) atoms. The Labute approximate surface area is 136 Å². The summed E-state index contributed by atoms with van der Waals surface area (Å²) in [5.74, 6) is 0.201. The predicted octanol–water partition coefficient (Wildman–Crippen LogP) is 1.22. The topological polar surface area (TPSA) is 80.6 Å². The summed E-state index contributed by atoms with van der Waals surface area (Å²) in [5.41, 5.74) is -0.237. The average Bonchev–Trinajstić information content (AvgIpc) is 2.86. The summed E-state index contributed by atoms with van der Waals surface area (Å²) in [4.78, 5) is 36.6. The highest BCUT2D eigenvalue weighted by atomic mass is 35.5. The monoisotopic (exact) mass is 335 g/mol. The first kappa shape index (κ1) is 15.4. The van der Waals surface area contributed by atoms with E-state index in [2.05, 4.69) is 5.32 Å².